The number of ketones is 1. The first-order chi connectivity index (χ1) is 13.0. The van der Waals surface area contributed by atoms with Gasteiger partial charge < -0.3 is 14.8 Å². The molecule has 1 amide bonds. The highest BCUT2D eigenvalue weighted by Crippen LogP contribution is 2.15. The second kappa shape index (κ2) is 10.1. The number of benzene rings is 2. The van der Waals surface area contributed by atoms with E-state index in [-0.39, 0.29) is 24.5 Å². The molecule has 0 aliphatic heterocycles. The molecule has 142 valence electrons. The molecule has 2 aromatic carbocycles. The van der Waals surface area contributed by atoms with Crippen molar-refractivity contribution in [2.45, 2.75) is 26.7 Å². The lowest BCUT2D eigenvalue weighted by molar-refractivity contribution is -0.116. The first kappa shape index (κ1) is 20.2. The molecule has 0 saturated heterocycles. The maximum Gasteiger partial charge on any atom is 0.338 e. The van der Waals surface area contributed by atoms with Gasteiger partial charge in [0.1, 0.15) is 5.75 Å². The summed E-state index contributed by atoms with van der Waals surface area (Å²) in [6.45, 7) is 4.50. The molecule has 0 aromatic heterocycles. The first-order valence-electron chi connectivity index (χ1n) is 8.86. The highest BCUT2D eigenvalue weighted by Gasteiger charge is 2.11. The van der Waals surface area contributed by atoms with E-state index in [1.807, 2.05) is 6.92 Å². The van der Waals surface area contributed by atoms with E-state index in [1.54, 1.807) is 55.5 Å². The van der Waals surface area contributed by atoms with Crippen molar-refractivity contribution in [1.29, 1.82) is 0 Å². The molecule has 6 heteroatoms. The van der Waals surface area contributed by atoms with Gasteiger partial charge in [0.25, 0.3) is 0 Å². The molecule has 0 aliphatic rings. The molecule has 0 aliphatic carbocycles. The smallest absolute Gasteiger partial charge is 0.338 e. The van der Waals surface area contributed by atoms with Gasteiger partial charge in [0, 0.05) is 24.1 Å². The highest BCUT2D eigenvalue weighted by atomic mass is 16.5. The van der Waals surface area contributed by atoms with Gasteiger partial charge in [-0.3, -0.25) is 9.59 Å². The minimum absolute atomic E-state index is 0.0751. The van der Waals surface area contributed by atoms with Crippen molar-refractivity contribution in [3.8, 4) is 5.75 Å². The zero-order valence-electron chi connectivity index (χ0n) is 15.5. The van der Waals surface area contributed by atoms with Crippen LogP contribution in [-0.2, 0) is 9.53 Å². The maximum atomic E-state index is 12.2. The Labute approximate surface area is 158 Å². The molecule has 0 bridgehead atoms. The van der Waals surface area contributed by atoms with Gasteiger partial charge in [-0.15, -0.1) is 0 Å². The number of hydrogen-bond acceptors (Lipinski definition) is 5. The van der Waals surface area contributed by atoms with Gasteiger partial charge in [0.15, 0.2) is 5.78 Å². The van der Waals surface area contributed by atoms with Gasteiger partial charge in [-0.2, -0.15) is 0 Å². The molecule has 2 aromatic rings. The Bertz CT molecular complexity index is 781. The molecular formula is C21H23NO5. The summed E-state index contributed by atoms with van der Waals surface area (Å²) in [7, 11) is 0. The monoisotopic (exact) mass is 369 g/mol. The highest BCUT2D eigenvalue weighted by molar-refractivity contribution is 6.00. The second-order valence-electron chi connectivity index (χ2n) is 5.73. The maximum absolute atomic E-state index is 12.2. The van der Waals surface area contributed by atoms with Gasteiger partial charge in [0.2, 0.25) is 5.91 Å². The molecular weight excluding hydrogens is 346 g/mol. The number of amides is 1. The Morgan fingerprint density at radius 2 is 1.44 bits per heavy atom. The average Bonchev–Trinajstić information content (AvgIpc) is 2.68. The molecule has 6 nitrogen and oxygen atoms in total. The zero-order chi connectivity index (χ0) is 19.6. The Morgan fingerprint density at radius 1 is 0.815 bits per heavy atom. The minimum atomic E-state index is -0.406. The predicted octanol–water partition coefficient (Wildman–Crippen LogP) is 3.86. The molecule has 0 unspecified atom stereocenters. The number of rotatable bonds is 9. The van der Waals surface area contributed by atoms with Crippen LogP contribution in [0.1, 0.15) is 47.4 Å². The predicted molar refractivity (Wildman–Crippen MR) is 102 cm³/mol. The van der Waals surface area contributed by atoms with Crippen molar-refractivity contribution >= 4 is 23.3 Å². The van der Waals surface area contributed by atoms with Crippen LogP contribution in [0.25, 0.3) is 0 Å². The summed E-state index contributed by atoms with van der Waals surface area (Å²) in [4.78, 5) is 35.8. The topological polar surface area (TPSA) is 81.7 Å². The minimum Gasteiger partial charge on any atom is -0.494 e. The van der Waals surface area contributed by atoms with Crippen LogP contribution in [0.2, 0.25) is 0 Å². The number of Topliss-reactive ketones (excluding diaryl/α,β-unsaturated/α-hetero) is 1. The van der Waals surface area contributed by atoms with Gasteiger partial charge >= 0.3 is 5.97 Å². The fourth-order valence-corrected chi connectivity index (χ4v) is 2.40. The molecule has 2 rings (SSSR count). The van der Waals surface area contributed by atoms with E-state index < -0.39 is 5.97 Å². The fourth-order valence-electron chi connectivity index (χ4n) is 2.40. The molecule has 0 radical (unpaired) electrons. The van der Waals surface area contributed by atoms with Crippen molar-refractivity contribution in [2.24, 2.45) is 0 Å². The average molecular weight is 369 g/mol. The molecule has 27 heavy (non-hydrogen) atoms. The summed E-state index contributed by atoms with van der Waals surface area (Å²) in [5.41, 5.74) is 1.52. The third kappa shape index (κ3) is 6.26. The lowest BCUT2D eigenvalue weighted by atomic mass is 10.1. The summed E-state index contributed by atoms with van der Waals surface area (Å²) in [5.74, 6) is -0.0709. The lowest BCUT2D eigenvalue weighted by Gasteiger charge is -2.07. The van der Waals surface area contributed by atoms with Crippen LogP contribution in [0.15, 0.2) is 48.5 Å². The van der Waals surface area contributed by atoms with Crippen LogP contribution in [0.3, 0.4) is 0 Å². The number of nitrogens with one attached hydrogen (secondary N) is 1. The van der Waals surface area contributed by atoms with Crippen molar-refractivity contribution in [2.75, 3.05) is 18.5 Å². The number of anilines is 1. The second-order valence-corrected chi connectivity index (χ2v) is 5.73. The van der Waals surface area contributed by atoms with Gasteiger partial charge in [-0.25, -0.2) is 4.79 Å². The van der Waals surface area contributed by atoms with Crippen molar-refractivity contribution in [3.05, 3.63) is 59.7 Å². The number of hydrogen-bond donors (Lipinski definition) is 1. The van der Waals surface area contributed by atoms with Crippen LogP contribution in [-0.4, -0.2) is 30.9 Å². The third-order valence-electron chi connectivity index (χ3n) is 3.75. The SMILES string of the molecule is CCOC(=O)c1ccc(NC(=O)CCC(=O)c2ccc(OCC)cc2)cc1. The van der Waals surface area contributed by atoms with E-state index in [4.69, 9.17) is 9.47 Å². The quantitative estimate of drug-likeness (QED) is 0.536. The first-order valence-corrected chi connectivity index (χ1v) is 8.86. The number of carbonyl (C=O) groups excluding carboxylic acids is 3. The van der Waals surface area contributed by atoms with E-state index in [0.717, 1.165) is 0 Å². The summed E-state index contributed by atoms with van der Waals surface area (Å²) in [6, 6.07) is 13.3. The number of ether oxygens (including phenoxy) is 2. The van der Waals surface area contributed by atoms with E-state index in [2.05, 4.69) is 5.32 Å². The molecule has 1 N–H and O–H groups in total. The number of carbonyl (C=O) groups is 3. The normalized spacial score (nSPS) is 10.1. The van der Waals surface area contributed by atoms with E-state index in [1.165, 1.54) is 0 Å². The summed E-state index contributed by atoms with van der Waals surface area (Å²) < 4.78 is 10.2. The van der Waals surface area contributed by atoms with Crippen molar-refractivity contribution in [3.63, 3.8) is 0 Å². The molecule has 0 heterocycles. The Morgan fingerprint density at radius 3 is 2.04 bits per heavy atom. The largest absolute Gasteiger partial charge is 0.494 e. The van der Waals surface area contributed by atoms with Crippen molar-refractivity contribution < 1.29 is 23.9 Å². The summed E-state index contributed by atoms with van der Waals surface area (Å²) >= 11 is 0. The van der Waals surface area contributed by atoms with E-state index >= 15 is 0 Å². The zero-order valence-corrected chi connectivity index (χ0v) is 15.5. The van der Waals surface area contributed by atoms with Crippen LogP contribution in [0.5, 0.6) is 5.75 Å². The van der Waals surface area contributed by atoms with Gasteiger partial charge in [-0.1, -0.05) is 0 Å². The van der Waals surface area contributed by atoms with E-state index in [9.17, 15) is 14.4 Å². The van der Waals surface area contributed by atoms with Gasteiger partial charge in [0.05, 0.1) is 18.8 Å². The van der Waals surface area contributed by atoms with Crippen LogP contribution in [0.4, 0.5) is 5.69 Å². The standard InChI is InChI=1S/C21H23NO5/c1-3-26-18-11-7-15(8-12-18)19(23)13-14-20(24)22-17-9-5-16(6-10-17)21(25)27-4-2/h5-12H,3-4,13-14H2,1-2H3,(H,22,24). The van der Waals surface area contributed by atoms with E-state index in [0.29, 0.717) is 35.8 Å². The Balaban J connectivity index is 1.83. The Kier molecular flexibility index (Phi) is 7.55. The molecule has 0 saturated carbocycles. The molecule has 0 spiro atoms. The summed E-state index contributed by atoms with van der Waals surface area (Å²) in [5, 5.41) is 2.71. The third-order valence-corrected chi connectivity index (χ3v) is 3.75. The Hall–Kier alpha value is -3.15. The van der Waals surface area contributed by atoms with Crippen LogP contribution < -0.4 is 10.1 Å². The van der Waals surface area contributed by atoms with Crippen molar-refractivity contribution in [1.82, 2.24) is 0 Å². The molecule has 0 fully saturated rings. The van der Waals surface area contributed by atoms with Crippen LogP contribution in [0, 0.1) is 0 Å². The molecule has 0 atom stereocenters. The number of esters is 1. The lowest BCUT2D eigenvalue weighted by Crippen LogP contribution is -2.13. The van der Waals surface area contributed by atoms with Gasteiger partial charge in [-0.05, 0) is 62.4 Å². The fraction of sp³-hybridized carbons (Fsp3) is 0.286. The van der Waals surface area contributed by atoms with Crippen LogP contribution >= 0.6 is 0 Å². The summed E-state index contributed by atoms with van der Waals surface area (Å²) in [6.07, 6.45) is 0.187.